The van der Waals surface area contributed by atoms with Crippen LogP contribution in [0.15, 0.2) is 0 Å². The van der Waals surface area contributed by atoms with E-state index in [2.05, 4.69) is 27.6 Å². The highest BCUT2D eigenvalue weighted by Crippen LogP contribution is 2.13. The summed E-state index contributed by atoms with van der Waals surface area (Å²) in [6.45, 7) is 3.96. The molecule has 0 aliphatic carbocycles. The van der Waals surface area contributed by atoms with Crippen LogP contribution in [-0.4, -0.2) is 17.9 Å². The summed E-state index contributed by atoms with van der Waals surface area (Å²) in [5, 5.41) is 0. The zero-order valence-corrected chi connectivity index (χ0v) is 8.85. The molecule has 2 unspecified atom stereocenters. The van der Waals surface area contributed by atoms with Gasteiger partial charge in [-0.15, -0.1) is 0 Å². The summed E-state index contributed by atoms with van der Waals surface area (Å²) in [7, 11) is 1.43. The van der Waals surface area contributed by atoms with Crippen molar-refractivity contribution in [2.75, 3.05) is 7.11 Å². The average molecular weight is 223 g/mol. The fraction of sp³-hybridized carbons (Fsp3) is 0.875. The molecule has 0 aromatic rings. The number of hydrogen-bond donors (Lipinski definition) is 0. The summed E-state index contributed by atoms with van der Waals surface area (Å²) in [4.78, 5) is 11.4. The second kappa shape index (κ2) is 5.58. The van der Waals surface area contributed by atoms with Crippen molar-refractivity contribution in [3.63, 3.8) is 0 Å². The largest absolute Gasteiger partial charge is 0.469 e. The molecule has 3 heteroatoms. The lowest BCUT2D eigenvalue weighted by Gasteiger charge is -2.09. The van der Waals surface area contributed by atoms with Crippen LogP contribution < -0.4 is 0 Å². The third-order valence-electron chi connectivity index (χ3n) is 1.60. The first-order valence-corrected chi connectivity index (χ1v) is 4.71. The number of ether oxygens (including phenoxy) is 1. The third kappa shape index (κ3) is 5.24. The van der Waals surface area contributed by atoms with E-state index >= 15 is 0 Å². The van der Waals surface area contributed by atoms with Crippen LogP contribution in [0.2, 0.25) is 0 Å². The van der Waals surface area contributed by atoms with Gasteiger partial charge in [-0.05, 0) is 12.8 Å². The van der Waals surface area contributed by atoms with E-state index in [1.54, 1.807) is 0 Å². The molecular formula is C8H15BrO2. The highest BCUT2D eigenvalue weighted by atomic mass is 79.9. The molecule has 2 nitrogen and oxygen atoms in total. The lowest BCUT2D eigenvalue weighted by molar-refractivity contribution is -0.145. The lowest BCUT2D eigenvalue weighted by Crippen LogP contribution is -2.13. The Morgan fingerprint density at radius 2 is 2.00 bits per heavy atom. The van der Waals surface area contributed by atoms with Gasteiger partial charge in [0.05, 0.1) is 13.0 Å². The number of carbonyl (C=O) groups is 1. The van der Waals surface area contributed by atoms with Crippen molar-refractivity contribution in [1.29, 1.82) is 0 Å². The second-order valence-corrected chi connectivity index (χ2v) is 4.35. The molecule has 0 bridgehead atoms. The number of rotatable bonds is 4. The molecule has 0 N–H and O–H groups in total. The van der Waals surface area contributed by atoms with E-state index < -0.39 is 0 Å². The molecule has 0 aromatic heterocycles. The van der Waals surface area contributed by atoms with Gasteiger partial charge in [-0.3, -0.25) is 4.79 Å². The lowest BCUT2D eigenvalue weighted by atomic mass is 10.1. The van der Waals surface area contributed by atoms with Gasteiger partial charge in [0, 0.05) is 4.83 Å². The first kappa shape index (κ1) is 11.0. The normalized spacial score (nSPS) is 15.6. The van der Waals surface area contributed by atoms with Crippen LogP contribution in [0.1, 0.15) is 26.7 Å². The van der Waals surface area contributed by atoms with Crippen molar-refractivity contribution < 1.29 is 9.53 Å². The fourth-order valence-corrected chi connectivity index (χ4v) is 1.06. The third-order valence-corrected chi connectivity index (χ3v) is 2.06. The molecule has 0 aliphatic heterocycles. The molecule has 0 fully saturated rings. The SMILES string of the molecule is COC(=O)C(C)CCC(C)Br. The number of esters is 1. The highest BCUT2D eigenvalue weighted by Gasteiger charge is 2.12. The van der Waals surface area contributed by atoms with Gasteiger partial charge < -0.3 is 4.74 Å². The van der Waals surface area contributed by atoms with E-state index in [-0.39, 0.29) is 11.9 Å². The maximum Gasteiger partial charge on any atom is 0.308 e. The average Bonchev–Trinajstić information content (AvgIpc) is 1.98. The predicted molar refractivity (Wildman–Crippen MR) is 48.8 cm³/mol. The number of carbonyl (C=O) groups excluding carboxylic acids is 1. The zero-order valence-electron chi connectivity index (χ0n) is 7.26. The summed E-state index contributed by atoms with van der Waals surface area (Å²) in [6, 6.07) is 0. The topological polar surface area (TPSA) is 26.3 Å². The molecule has 11 heavy (non-hydrogen) atoms. The summed E-state index contributed by atoms with van der Waals surface area (Å²) in [5.41, 5.74) is 0. The Bertz CT molecular complexity index is 123. The number of alkyl halides is 1. The van der Waals surface area contributed by atoms with Gasteiger partial charge in [0.1, 0.15) is 0 Å². The Kier molecular flexibility index (Phi) is 5.56. The molecule has 0 radical (unpaired) electrons. The van der Waals surface area contributed by atoms with Gasteiger partial charge in [0.25, 0.3) is 0 Å². The Balaban J connectivity index is 3.52. The van der Waals surface area contributed by atoms with Crippen LogP contribution in [0.5, 0.6) is 0 Å². The predicted octanol–water partition coefficient (Wildman–Crippen LogP) is 2.36. The van der Waals surface area contributed by atoms with Crippen LogP contribution >= 0.6 is 15.9 Å². The Labute approximate surface area is 76.4 Å². The monoisotopic (exact) mass is 222 g/mol. The van der Waals surface area contributed by atoms with Gasteiger partial charge in [-0.25, -0.2) is 0 Å². The first-order chi connectivity index (χ1) is 5.07. The minimum Gasteiger partial charge on any atom is -0.469 e. The number of hydrogen-bond acceptors (Lipinski definition) is 2. The fourth-order valence-electron chi connectivity index (χ4n) is 0.799. The van der Waals surface area contributed by atoms with Gasteiger partial charge >= 0.3 is 5.97 Å². The Hall–Kier alpha value is -0.0500. The molecule has 0 aromatic carbocycles. The van der Waals surface area contributed by atoms with E-state index in [1.807, 2.05) is 6.92 Å². The van der Waals surface area contributed by atoms with E-state index in [0.717, 1.165) is 12.8 Å². The minimum absolute atomic E-state index is 0.0278. The smallest absolute Gasteiger partial charge is 0.308 e. The van der Waals surface area contributed by atoms with Crippen molar-refractivity contribution >= 4 is 21.9 Å². The minimum atomic E-state index is -0.113. The van der Waals surface area contributed by atoms with Crippen LogP contribution in [0.3, 0.4) is 0 Å². The van der Waals surface area contributed by atoms with Gasteiger partial charge in [0.2, 0.25) is 0 Å². The van der Waals surface area contributed by atoms with Gasteiger partial charge in [-0.2, -0.15) is 0 Å². The van der Waals surface area contributed by atoms with Gasteiger partial charge in [-0.1, -0.05) is 29.8 Å². The van der Waals surface area contributed by atoms with Crippen molar-refractivity contribution in [3.8, 4) is 0 Å². The van der Waals surface area contributed by atoms with Gasteiger partial charge in [0.15, 0.2) is 0 Å². The van der Waals surface area contributed by atoms with E-state index in [0.29, 0.717) is 4.83 Å². The summed E-state index contributed by atoms with van der Waals surface area (Å²) < 4.78 is 4.59. The van der Waals surface area contributed by atoms with E-state index in [1.165, 1.54) is 7.11 Å². The van der Waals surface area contributed by atoms with E-state index in [9.17, 15) is 4.79 Å². The van der Waals surface area contributed by atoms with Crippen molar-refractivity contribution in [3.05, 3.63) is 0 Å². The maximum absolute atomic E-state index is 10.9. The zero-order chi connectivity index (χ0) is 8.85. The van der Waals surface area contributed by atoms with E-state index in [4.69, 9.17) is 0 Å². The van der Waals surface area contributed by atoms with Crippen LogP contribution in [-0.2, 0) is 9.53 Å². The first-order valence-electron chi connectivity index (χ1n) is 3.79. The second-order valence-electron chi connectivity index (χ2n) is 2.78. The molecule has 0 heterocycles. The van der Waals surface area contributed by atoms with Crippen LogP contribution in [0.25, 0.3) is 0 Å². The molecule has 0 aliphatic rings. The quantitative estimate of drug-likeness (QED) is 0.540. The van der Waals surface area contributed by atoms with Crippen LogP contribution in [0, 0.1) is 5.92 Å². The van der Waals surface area contributed by atoms with Crippen LogP contribution in [0.4, 0.5) is 0 Å². The summed E-state index contributed by atoms with van der Waals surface area (Å²) in [6.07, 6.45) is 1.90. The molecule has 0 amide bonds. The molecule has 0 rings (SSSR count). The molecule has 2 atom stereocenters. The standard InChI is InChI=1S/C8H15BrO2/c1-6(8(10)11-3)4-5-7(2)9/h6-7H,4-5H2,1-3H3. The highest BCUT2D eigenvalue weighted by molar-refractivity contribution is 9.09. The molecule has 0 saturated heterocycles. The summed E-state index contributed by atoms with van der Waals surface area (Å²) in [5.74, 6) is -0.0850. The molecular weight excluding hydrogens is 208 g/mol. The van der Waals surface area contributed by atoms with Crippen molar-refractivity contribution in [2.24, 2.45) is 5.92 Å². The van der Waals surface area contributed by atoms with Crippen molar-refractivity contribution in [2.45, 2.75) is 31.5 Å². The molecule has 66 valence electrons. The Morgan fingerprint density at radius 1 is 1.45 bits per heavy atom. The molecule has 0 saturated carbocycles. The number of halogens is 1. The number of methoxy groups -OCH3 is 1. The van der Waals surface area contributed by atoms with Crippen molar-refractivity contribution in [1.82, 2.24) is 0 Å². The maximum atomic E-state index is 10.9. The Morgan fingerprint density at radius 3 is 2.36 bits per heavy atom. The summed E-state index contributed by atoms with van der Waals surface area (Å²) >= 11 is 3.42. The molecule has 0 spiro atoms.